The molecule has 3 rings (SSSR count). The van der Waals surface area contributed by atoms with Crippen LogP contribution in [-0.4, -0.2) is 19.7 Å². The summed E-state index contributed by atoms with van der Waals surface area (Å²) in [6.45, 7) is 0. The van der Waals surface area contributed by atoms with E-state index in [1.807, 2.05) is 60.7 Å². The molecule has 0 saturated heterocycles. The zero-order chi connectivity index (χ0) is 14.9. The van der Waals surface area contributed by atoms with Crippen LogP contribution in [-0.2, 0) is 9.84 Å². The van der Waals surface area contributed by atoms with E-state index in [1.165, 1.54) is 0 Å². The number of hydrogen-bond donors (Lipinski definition) is 0. The highest BCUT2D eigenvalue weighted by atomic mass is 32.2. The summed E-state index contributed by atoms with van der Waals surface area (Å²) in [6, 6.07) is 18.7. The summed E-state index contributed by atoms with van der Waals surface area (Å²) in [5.41, 5.74) is 2.14. The maximum absolute atomic E-state index is 11.7. The Morgan fingerprint density at radius 2 is 1.38 bits per heavy atom. The molecule has 3 aromatic rings. The summed E-state index contributed by atoms with van der Waals surface area (Å²) in [7, 11) is -3.50. The monoisotopic (exact) mass is 299 g/mol. The zero-order valence-corrected chi connectivity index (χ0v) is 12.2. The second-order valence-corrected chi connectivity index (χ2v) is 6.56. The Morgan fingerprint density at radius 1 is 0.857 bits per heavy atom. The van der Waals surface area contributed by atoms with Gasteiger partial charge in [0.1, 0.15) is 5.69 Å². The molecule has 106 valence electrons. The lowest BCUT2D eigenvalue weighted by molar-refractivity contribution is 0.442. The molecule has 21 heavy (non-hydrogen) atoms. The van der Waals surface area contributed by atoms with Crippen molar-refractivity contribution in [1.82, 2.24) is 4.98 Å². The van der Waals surface area contributed by atoms with E-state index >= 15 is 0 Å². The fraction of sp³-hybridized carbons (Fsp3) is 0.0625. The van der Waals surface area contributed by atoms with Crippen LogP contribution in [0.15, 0.2) is 70.3 Å². The molecule has 1 heterocycles. The van der Waals surface area contributed by atoms with Crippen molar-refractivity contribution in [2.24, 2.45) is 0 Å². The molecule has 0 saturated carbocycles. The Bertz CT molecular complexity index is 796. The van der Waals surface area contributed by atoms with E-state index in [-0.39, 0.29) is 5.22 Å². The molecule has 0 N–H and O–H groups in total. The fourth-order valence-electron chi connectivity index (χ4n) is 2.04. The van der Waals surface area contributed by atoms with Crippen LogP contribution < -0.4 is 0 Å². The van der Waals surface area contributed by atoms with Crippen molar-refractivity contribution in [2.75, 3.05) is 6.26 Å². The third-order valence-electron chi connectivity index (χ3n) is 3.01. The molecule has 2 aromatic carbocycles. The molecule has 0 radical (unpaired) electrons. The first-order chi connectivity index (χ1) is 10.1. The Labute approximate surface area is 123 Å². The van der Waals surface area contributed by atoms with Crippen LogP contribution in [0.3, 0.4) is 0 Å². The highest BCUT2D eigenvalue weighted by Gasteiger charge is 2.22. The molecule has 0 amide bonds. The average molecular weight is 299 g/mol. The van der Waals surface area contributed by atoms with Crippen molar-refractivity contribution in [2.45, 2.75) is 5.22 Å². The van der Waals surface area contributed by atoms with Crippen molar-refractivity contribution < 1.29 is 12.8 Å². The van der Waals surface area contributed by atoms with Crippen molar-refractivity contribution >= 4 is 9.84 Å². The first kappa shape index (κ1) is 13.6. The quantitative estimate of drug-likeness (QED) is 0.743. The largest absolute Gasteiger partial charge is 0.427 e. The number of sulfone groups is 1. The van der Waals surface area contributed by atoms with E-state index in [1.54, 1.807) is 0 Å². The number of nitrogens with zero attached hydrogens (tertiary/aromatic N) is 1. The van der Waals surface area contributed by atoms with Gasteiger partial charge < -0.3 is 4.42 Å². The molecular weight excluding hydrogens is 286 g/mol. The lowest BCUT2D eigenvalue weighted by Gasteiger charge is -2.00. The molecule has 0 aliphatic heterocycles. The van der Waals surface area contributed by atoms with Gasteiger partial charge in [0.05, 0.1) is 0 Å². The van der Waals surface area contributed by atoms with Gasteiger partial charge in [0, 0.05) is 17.4 Å². The summed E-state index contributed by atoms with van der Waals surface area (Å²) in [6.07, 6.45) is 1.09. The van der Waals surface area contributed by atoms with Crippen LogP contribution in [0.5, 0.6) is 0 Å². The summed E-state index contributed by atoms with van der Waals surface area (Å²) in [5, 5.41) is -0.264. The molecular formula is C16H13NO3S. The minimum absolute atomic E-state index is 0.264. The molecule has 1 aromatic heterocycles. The van der Waals surface area contributed by atoms with Crippen LogP contribution in [0.2, 0.25) is 0 Å². The number of hydrogen-bond acceptors (Lipinski definition) is 4. The van der Waals surface area contributed by atoms with Gasteiger partial charge in [-0.15, -0.1) is 0 Å². The van der Waals surface area contributed by atoms with Gasteiger partial charge in [0.15, 0.2) is 5.76 Å². The van der Waals surface area contributed by atoms with Gasteiger partial charge in [-0.2, -0.15) is 4.98 Å². The summed E-state index contributed by atoms with van der Waals surface area (Å²) in [4.78, 5) is 4.17. The number of benzene rings is 2. The predicted octanol–water partition coefficient (Wildman–Crippen LogP) is 3.41. The van der Waals surface area contributed by atoms with E-state index in [9.17, 15) is 8.42 Å². The third kappa shape index (κ3) is 2.73. The van der Waals surface area contributed by atoms with E-state index < -0.39 is 9.84 Å². The minimum atomic E-state index is -3.50. The van der Waals surface area contributed by atoms with Gasteiger partial charge in [0.2, 0.25) is 9.84 Å². The SMILES string of the molecule is CS(=O)(=O)c1nc(-c2ccccc2)c(-c2ccccc2)o1. The second kappa shape index (κ2) is 5.18. The number of aromatic nitrogens is 1. The Kier molecular flexibility index (Phi) is 3.35. The third-order valence-corrected chi connectivity index (χ3v) is 3.82. The maximum atomic E-state index is 11.7. The van der Waals surface area contributed by atoms with Crippen LogP contribution in [0.25, 0.3) is 22.6 Å². The van der Waals surface area contributed by atoms with E-state index in [2.05, 4.69) is 4.98 Å². The topological polar surface area (TPSA) is 60.2 Å². The molecule has 0 atom stereocenters. The molecule has 4 nitrogen and oxygen atoms in total. The van der Waals surface area contributed by atoms with Crippen LogP contribution in [0, 0.1) is 0 Å². The second-order valence-electron chi connectivity index (χ2n) is 4.66. The van der Waals surface area contributed by atoms with Gasteiger partial charge in [-0.1, -0.05) is 60.7 Å². The molecule has 0 unspecified atom stereocenters. The van der Waals surface area contributed by atoms with Crippen LogP contribution >= 0.6 is 0 Å². The van der Waals surface area contributed by atoms with Crippen molar-refractivity contribution in [3.05, 3.63) is 60.7 Å². The van der Waals surface area contributed by atoms with E-state index in [0.717, 1.165) is 17.4 Å². The zero-order valence-electron chi connectivity index (χ0n) is 11.4. The van der Waals surface area contributed by atoms with Crippen molar-refractivity contribution in [1.29, 1.82) is 0 Å². The summed E-state index contributed by atoms with van der Waals surface area (Å²) in [5.74, 6) is 0.460. The van der Waals surface area contributed by atoms with Gasteiger partial charge in [-0.3, -0.25) is 0 Å². The van der Waals surface area contributed by atoms with Gasteiger partial charge in [0.25, 0.3) is 0 Å². The van der Waals surface area contributed by atoms with E-state index in [0.29, 0.717) is 11.5 Å². The van der Waals surface area contributed by atoms with E-state index in [4.69, 9.17) is 4.42 Å². The molecule has 0 fully saturated rings. The molecule has 0 aliphatic carbocycles. The van der Waals surface area contributed by atoms with Gasteiger partial charge in [-0.25, -0.2) is 8.42 Å². The normalized spacial score (nSPS) is 11.5. The van der Waals surface area contributed by atoms with Crippen LogP contribution in [0.4, 0.5) is 0 Å². The standard InChI is InChI=1S/C16H13NO3S/c1-21(18,19)16-17-14(12-8-4-2-5-9-12)15(20-16)13-10-6-3-7-11-13/h2-11H,1H3. The Balaban J connectivity index is 2.25. The first-order valence-corrected chi connectivity index (χ1v) is 8.26. The lowest BCUT2D eigenvalue weighted by Crippen LogP contribution is -1.96. The summed E-state index contributed by atoms with van der Waals surface area (Å²) >= 11 is 0. The molecule has 0 bridgehead atoms. The number of rotatable bonds is 3. The predicted molar refractivity (Wildman–Crippen MR) is 80.5 cm³/mol. The van der Waals surface area contributed by atoms with Crippen molar-refractivity contribution in [3.8, 4) is 22.6 Å². The van der Waals surface area contributed by atoms with Crippen molar-refractivity contribution in [3.63, 3.8) is 0 Å². The van der Waals surface area contributed by atoms with Crippen LogP contribution in [0.1, 0.15) is 0 Å². The molecule has 5 heteroatoms. The lowest BCUT2D eigenvalue weighted by atomic mass is 10.1. The fourth-order valence-corrected chi connectivity index (χ4v) is 2.53. The average Bonchev–Trinajstić information content (AvgIpc) is 2.94. The Hall–Kier alpha value is -2.40. The molecule has 0 spiro atoms. The smallest absolute Gasteiger partial charge is 0.315 e. The number of oxazole rings is 1. The van der Waals surface area contributed by atoms with Gasteiger partial charge in [-0.05, 0) is 0 Å². The highest BCUT2D eigenvalue weighted by molar-refractivity contribution is 7.90. The van der Waals surface area contributed by atoms with Gasteiger partial charge >= 0.3 is 5.22 Å². The molecule has 0 aliphatic rings. The summed E-state index contributed by atoms with van der Waals surface area (Å²) < 4.78 is 28.9. The Morgan fingerprint density at radius 3 is 1.90 bits per heavy atom. The maximum Gasteiger partial charge on any atom is 0.315 e. The highest BCUT2D eigenvalue weighted by Crippen LogP contribution is 2.33. The first-order valence-electron chi connectivity index (χ1n) is 6.37. The minimum Gasteiger partial charge on any atom is -0.427 e.